The first kappa shape index (κ1) is 15.3. The average Bonchev–Trinajstić information content (AvgIpc) is 2.78. The Bertz CT molecular complexity index is 479. The predicted molar refractivity (Wildman–Crippen MR) is 69.1 cm³/mol. The molecule has 2 rings (SSSR count). The zero-order valence-corrected chi connectivity index (χ0v) is 10.7. The molecule has 1 fully saturated rings. The lowest BCUT2D eigenvalue weighted by molar-refractivity contribution is -0.139. The highest BCUT2D eigenvalue weighted by molar-refractivity contribution is 5.90. The molecule has 1 aliphatic rings. The van der Waals surface area contributed by atoms with Gasteiger partial charge in [0.15, 0.2) is 0 Å². The number of carbonyl (C=O) groups is 2. The van der Waals surface area contributed by atoms with Crippen molar-refractivity contribution >= 4 is 24.3 Å². The molecule has 0 radical (unpaired) electrons. The molecule has 0 aromatic heterocycles. The fraction of sp³-hybridized carbons (Fsp3) is 0.333. The number of aliphatic carboxylic acids is 1. The number of carboxylic acids is 2. The lowest BCUT2D eigenvalue weighted by atomic mass is 10.2. The molecule has 0 saturated carbocycles. The van der Waals surface area contributed by atoms with Crippen LogP contribution in [0, 0.1) is 0 Å². The normalized spacial score (nSPS) is 21.5. The van der Waals surface area contributed by atoms with Crippen molar-refractivity contribution in [3.8, 4) is 5.75 Å². The van der Waals surface area contributed by atoms with Gasteiger partial charge < -0.3 is 20.3 Å². The van der Waals surface area contributed by atoms with E-state index < -0.39 is 18.0 Å². The van der Waals surface area contributed by atoms with Crippen LogP contribution in [0.4, 0.5) is 0 Å². The largest absolute Gasteiger partial charge is 0.488 e. The number of ether oxygens (including phenoxy) is 1. The van der Waals surface area contributed by atoms with Crippen LogP contribution >= 0.6 is 12.4 Å². The maximum Gasteiger partial charge on any atom is 0.339 e. The van der Waals surface area contributed by atoms with Crippen molar-refractivity contribution in [3.05, 3.63) is 29.8 Å². The molecule has 0 aliphatic carbocycles. The van der Waals surface area contributed by atoms with Crippen LogP contribution in [0.5, 0.6) is 5.75 Å². The van der Waals surface area contributed by atoms with Gasteiger partial charge >= 0.3 is 11.9 Å². The first-order chi connectivity index (χ1) is 8.58. The van der Waals surface area contributed by atoms with E-state index in [-0.39, 0.29) is 29.8 Å². The Labute approximate surface area is 115 Å². The summed E-state index contributed by atoms with van der Waals surface area (Å²) < 4.78 is 5.54. The third-order valence-corrected chi connectivity index (χ3v) is 2.80. The number of benzene rings is 1. The Hall–Kier alpha value is -1.79. The monoisotopic (exact) mass is 287 g/mol. The summed E-state index contributed by atoms with van der Waals surface area (Å²) in [6.07, 6.45) is -0.00452. The molecule has 19 heavy (non-hydrogen) atoms. The van der Waals surface area contributed by atoms with Crippen LogP contribution in [-0.2, 0) is 4.79 Å². The van der Waals surface area contributed by atoms with Crippen LogP contribution in [0.2, 0.25) is 0 Å². The summed E-state index contributed by atoms with van der Waals surface area (Å²) in [4.78, 5) is 21.7. The van der Waals surface area contributed by atoms with Crippen molar-refractivity contribution in [3.63, 3.8) is 0 Å². The molecule has 1 aromatic carbocycles. The summed E-state index contributed by atoms with van der Waals surface area (Å²) in [5, 5.41) is 20.6. The second-order valence-corrected chi connectivity index (χ2v) is 4.08. The van der Waals surface area contributed by atoms with Gasteiger partial charge in [0.05, 0.1) is 0 Å². The number of nitrogens with one attached hydrogen (secondary N) is 1. The Morgan fingerprint density at radius 2 is 1.95 bits per heavy atom. The molecule has 1 aromatic rings. The molecule has 0 amide bonds. The number of rotatable bonds is 4. The van der Waals surface area contributed by atoms with E-state index in [0.717, 1.165) is 0 Å². The molecule has 2 atom stereocenters. The van der Waals surface area contributed by atoms with Crippen molar-refractivity contribution in [2.24, 2.45) is 0 Å². The molecule has 0 bridgehead atoms. The van der Waals surface area contributed by atoms with E-state index in [1.165, 1.54) is 6.07 Å². The van der Waals surface area contributed by atoms with Crippen LogP contribution in [0.3, 0.4) is 0 Å². The summed E-state index contributed by atoms with van der Waals surface area (Å²) in [5.74, 6) is -1.72. The summed E-state index contributed by atoms with van der Waals surface area (Å²) in [6.45, 7) is 0.394. The van der Waals surface area contributed by atoms with E-state index in [0.29, 0.717) is 13.0 Å². The highest BCUT2D eigenvalue weighted by atomic mass is 35.5. The lowest BCUT2D eigenvalue weighted by Crippen LogP contribution is -2.30. The topological polar surface area (TPSA) is 95.9 Å². The van der Waals surface area contributed by atoms with Gasteiger partial charge in [0.25, 0.3) is 0 Å². The predicted octanol–water partition coefficient (Wildman–Crippen LogP) is 1.00. The zero-order valence-electron chi connectivity index (χ0n) is 9.91. The fourth-order valence-corrected chi connectivity index (χ4v) is 1.91. The standard InChI is InChI=1S/C12H13NO5.ClH/c14-11(15)8-3-1-2-4-10(8)18-7-5-9(12(16)17)13-6-7;/h1-4,7,9,13H,5-6H2,(H,14,15)(H,16,17);1H/t7-,9-;/m0./s1. The number of hydrogen-bond acceptors (Lipinski definition) is 4. The van der Waals surface area contributed by atoms with Gasteiger partial charge in [-0.3, -0.25) is 4.79 Å². The molecule has 1 aliphatic heterocycles. The summed E-state index contributed by atoms with van der Waals surface area (Å²) >= 11 is 0. The molecule has 3 N–H and O–H groups in total. The Morgan fingerprint density at radius 1 is 1.26 bits per heavy atom. The minimum absolute atomic E-state index is 0. The Kier molecular flexibility index (Phi) is 5.14. The summed E-state index contributed by atoms with van der Waals surface area (Å²) in [5.41, 5.74) is 0.0799. The molecule has 6 nitrogen and oxygen atoms in total. The van der Waals surface area contributed by atoms with Crippen LogP contribution in [-0.4, -0.2) is 40.8 Å². The number of aromatic carboxylic acids is 1. The van der Waals surface area contributed by atoms with Crippen LogP contribution in [0.15, 0.2) is 24.3 Å². The minimum Gasteiger partial charge on any atom is -0.488 e. The van der Waals surface area contributed by atoms with E-state index in [9.17, 15) is 9.59 Å². The average molecular weight is 288 g/mol. The molecule has 7 heteroatoms. The van der Waals surface area contributed by atoms with E-state index in [2.05, 4.69) is 5.32 Å². The van der Waals surface area contributed by atoms with Gasteiger partial charge in [-0.15, -0.1) is 12.4 Å². The first-order valence-corrected chi connectivity index (χ1v) is 5.53. The Morgan fingerprint density at radius 3 is 2.53 bits per heavy atom. The lowest BCUT2D eigenvalue weighted by Gasteiger charge is -2.14. The third-order valence-electron chi connectivity index (χ3n) is 2.80. The van der Waals surface area contributed by atoms with Gasteiger partial charge in [0.2, 0.25) is 0 Å². The fourth-order valence-electron chi connectivity index (χ4n) is 1.91. The second-order valence-electron chi connectivity index (χ2n) is 4.08. The van der Waals surface area contributed by atoms with Crippen LogP contribution in [0.25, 0.3) is 0 Å². The van der Waals surface area contributed by atoms with Gasteiger partial charge in [-0.25, -0.2) is 4.79 Å². The molecular formula is C12H14ClNO5. The summed E-state index contributed by atoms with van der Waals surface area (Å²) in [6, 6.07) is 5.68. The molecule has 1 saturated heterocycles. The minimum atomic E-state index is -1.06. The molecular weight excluding hydrogens is 274 g/mol. The zero-order chi connectivity index (χ0) is 13.1. The maximum atomic E-state index is 11.0. The van der Waals surface area contributed by atoms with Crippen molar-refractivity contribution in [1.82, 2.24) is 5.32 Å². The van der Waals surface area contributed by atoms with Crippen molar-refractivity contribution in [1.29, 1.82) is 0 Å². The molecule has 0 unspecified atom stereocenters. The van der Waals surface area contributed by atoms with E-state index in [4.69, 9.17) is 14.9 Å². The Balaban J connectivity index is 0.00000180. The first-order valence-electron chi connectivity index (χ1n) is 5.53. The maximum absolute atomic E-state index is 11.0. The van der Waals surface area contributed by atoms with Gasteiger partial charge in [0.1, 0.15) is 23.5 Å². The number of halogens is 1. The van der Waals surface area contributed by atoms with Crippen LogP contribution < -0.4 is 10.1 Å². The molecule has 0 spiro atoms. The highest BCUT2D eigenvalue weighted by Crippen LogP contribution is 2.22. The second kappa shape index (κ2) is 6.40. The van der Waals surface area contributed by atoms with Gasteiger partial charge in [0, 0.05) is 13.0 Å². The quantitative estimate of drug-likeness (QED) is 0.764. The number of para-hydroxylation sites is 1. The van der Waals surface area contributed by atoms with Crippen molar-refractivity contribution in [2.45, 2.75) is 18.6 Å². The van der Waals surface area contributed by atoms with Gasteiger partial charge in [-0.2, -0.15) is 0 Å². The molecule has 1 heterocycles. The third kappa shape index (κ3) is 3.59. The van der Waals surface area contributed by atoms with Crippen LogP contribution in [0.1, 0.15) is 16.8 Å². The van der Waals surface area contributed by atoms with E-state index in [1.807, 2.05) is 0 Å². The SMILES string of the molecule is Cl.O=C(O)c1ccccc1O[C@@H]1CN[C@H](C(=O)O)C1. The highest BCUT2D eigenvalue weighted by Gasteiger charge is 2.31. The smallest absolute Gasteiger partial charge is 0.339 e. The van der Waals surface area contributed by atoms with Gasteiger partial charge in [-0.05, 0) is 12.1 Å². The van der Waals surface area contributed by atoms with Crippen molar-refractivity contribution in [2.75, 3.05) is 6.54 Å². The summed E-state index contributed by atoms with van der Waals surface area (Å²) in [7, 11) is 0. The number of carboxylic acid groups (broad SMARTS) is 2. The van der Waals surface area contributed by atoms with E-state index >= 15 is 0 Å². The van der Waals surface area contributed by atoms with Gasteiger partial charge in [-0.1, -0.05) is 12.1 Å². The van der Waals surface area contributed by atoms with E-state index in [1.54, 1.807) is 18.2 Å². The van der Waals surface area contributed by atoms with Crippen molar-refractivity contribution < 1.29 is 24.5 Å². The number of hydrogen-bond donors (Lipinski definition) is 3. The molecule has 104 valence electrons.